The van der Waals surface area contributed by atoms with Crippen molar-refractivity contribution < 1.29 is 18.8 Å². The minimum Gasteiger partial charge on any atom is -0.436 e. The number of aromatic nitrogens is 1. The van der Waals surface area contributed by atoms with Crippen LogP contribution in [0.3, 0.4) is 0 Å². The van der Waals surface area contributed by atoms with Crippen LogP contribution in [-0.4, -0.2) is 63.2 Å². The Hall–Kier alpha value is -3.16. The standard InChI is InChI=1S/C21H24N4O4/c1-14-17(29-15(2)22-14)18(26)24-11-9-21(10-12-24)19(27)23(3)20(28)25(21)13-16-7-5-4-6-8-16/h4-8H,9-13H2,1-3H3. The van der Waals surface area contributed by atoms with Gasteiger partial charge in [0, 0.05) is 33.6 Å². The summed E-state index contributed by atoms with van der Waals surface area (Å²) in [6, 6.07) is 9.34. The molecule has 4 amide bonds. The quantitative estimate of drug-likeness (QED) is 0.744. The zero-order chi connectivity index (χ0) is 20.8. The number of nitrogens with zero attached hydrogens (tertiary/aromatic N) is 4. The summed E-state index contributed by atoms with van der Waals surface area (Å²) in [5.41, 5.74) is 0.616. The van der Waals surface area contributed by atoms with E-state index >= 15 is 0 Å². The number of likely N-dealkylation sites (tertiary alicyclic amines) is 1. The van der Waals surface area contributed by atoms with Gasteiger partial charge in [-0.3, -0.25) is 14.5 Å². The number of aryl methyl sites for hydroxylation is 2. The van der Waals surface area contributed by atoms with Crippen LogP contribution in [0.25, 0.3) is 0 Å². The van der Waals surface area contributed by atoms with Gasteiger partial charge in [-0.05, 0) is 25.3 Å². The Balaban J connectivity index is 1.55. The number of hydrogen-bond donors (Lipinski definition) is 0. The molecule has 2 fully saturated rings. The van der Waals surface area contributed by atoms with E-state index in [-0.39, 0.29) is 23.6 Å². The lowest BCUT2D eigenvalue weighted by molar-refractivity contribution is -0.134. The minimum absolute atomic E-state index is 0.197. The van der Waals surface area contributed by atoms with Gasteiger partial charge in [-0.2, -0.15) is 0 Å². The van der Waals surface area contributed by atoms with E-state index in [4.69, 9.17) is 4.42 Å². The number of amides is 4. The molecule has 0 N–H and O–H groups in total. The molecular formula is C21H24N4O4. The molecule has 2 aliphatic heterocycles. The van der Waals surface area contributed by atoms with Gasteiger partial charge in [0.15, 0.2) is 5.89 Å². The normalized spacial score (nSPS) is 18.8. The highest BCUT2D eigenvalue weighted by Gasteiger charge is 2.57. The van der Waals surface area contributed by atoms with Gasteiger partial charge in [-0.25, -0.2) is 9.78 Å². The summed E-state index contributed by atoms with van der Waals surface area (Å²) >= 11 is 0. The first-order valence-corrected chi connectivity index (χ1v) is 9.70. The molecule has 2 saturated heterocycles. The molecule has 8 nitrogen and oxygen atoms in total. The summed E-state index contributed by atoms with van der Waals surface area (Å²) in [4.78, 5) is 47.4. The Morgan fingerprint density at radius 3 is 2.38 bits per heavy atom. The smallest absolute Gasteiger partial charge is 0.327 e. The Morgan fingerprint density at radius 2 is 1.79 bits per heavy atom. The van der Waals surface area contributed by atoms with Crippen molar-refractivity contribution in [3.05, 3.63) is 53.2 Å². The van der Waals surface area contributed by atoms with E-state index in [1.54, 1.807) is 23.6 Å². The van der Waals surface area contributed by atoms with Gasteiger partial charge < -0.3 is 14.2 Å². The van der Waals surface area contributed by atoms with Gasteiger partial charge >= 0.3 is 6.03 Å². The van der Waals surface area contributed by atoms with Crippen LogP contribution in [0.5, 0.6) is 0 Å². The van der Waals surface area contributed by atoms with Crippen molar-refractivity contribution in [3.63, 3.8) is 0 Å². The van der Waals surface area contributed by atoms with E-state index in [1.165, 1.54) is 11.9 Å². The summed E-state index contributed by atoms with van der Waals surface area (Å²) in [5, 5.41) is 0. The molecule has 0 aliphatic carbocycles. The van der Waals surface area contributed by atoms with Crippen molar-refractivity contribution >= 4 is 17.8 Å². The number of oxazole rings is 1. The topological polar surface area (TPSA) is 87.0 Å². The van der Waals surface area contributed by atoms with E-state index in [0.29, 0.717) is 44.1 Å². The van der Waals surface area contributed by atoms with E-state index in [2.05, 4.69) is 4.98 Å². The minimum atomic E-state index is -0.912. The molecule has 0 bridgehead atoms. The lowest BCUT2D eigenvalue weighted by Crippen LogP contribution is -2.57. The summed E-state index contributed by atoms with van der Waals surface area (Å²) in [6.07, 6.45) is 0.791. The molecule has 0 saturated carbocycles. The fourth-order valence-electron chi connectivity index (χ4n) is 4.30. The third-order valence-corrected chi connectivity index (χ3v) is 5.90. The highest BCUT2D eigenvalue weighted by molar-refractivity contribution is 6.07. The number of carbonyl (C=O) groups excluding carboxylic acids is 3. The first kappa shape index (κ1) is 19.2. The Bertz CT molecular complexity index is 960. The van der Waals surface area contributed by atoms with Crippen LogP contribution in [0.15, 0.2) is 34.7 Å². The van der Waals surface area contributed by atoms with Crippen LogP contribution in [0.4, 0.5) is 4.79 Å². The molecule has 3 heterocycles. The van der Waals surface area contributed by atoms with Crippen molar-refractivity contribution in [2.45, 2.75) is 38.8 Å². The zero-order valence-corrected chi connectivity index (χ0v) is 16.8. The second-order valence-corrected chi connectivity index (χ2v) is 7.69. The average Bonchev–Trinajstić information content (AvgIpc) is 3.15. The zero-order valence-electron chi connectivity index (χ0n) is 16.8. The molecular weight excluding hydrogens is 372 g/mol. The first-order valence-electron chi connectivity index (χ1n) is 9.70. The monoisotopic (exact) mass is 396 g/mol. The number of imide groups is 1. The number of piperidine rings is 1. The maximum atomic E-state index is 13.0. The predicted octanol–water partition coefficient (Wildman–Crippen LogP) is 2.36. The highest BCUT2D eigenvalue weighted by Crippen LogP contribution is 2.38. The fraction of sp³-hybridized carbons (Fsp3) is 0.429. The lowest BCUT2D eigenvalue weighted by Gasteiger charge is -2.42. The molecule has 1 spiro atoms. The average molecular weight is 396 g/mol. The number of benzene rings is 1. The molecule has 0 unspecified atom stereocenters. The molecule has 8 heteroatoms. The largest absolute Gasteiger partial charge is 0.436 e. The van der Waals surface area contributed by atoms with Crippen LogP contribution in [0.2, 0.25) is 0 Å². The third kappa shape index (κ3) is 3.08. The molecule has 1 aromatic carbocycles. The molecule has 0 atom stereocenters. The van der Waals surface area contributed by atoms with Gasteiger partial charge in [-0.1, -0.05) is 30.3 Å². The van der Waals surface area contributed by atoms with Crippen LogP contribution >= 0.6 is 0 Å². The maximum Gasteiger partial charge on any atom is 0.327 e. The Labute approximate surface area is 169 Å². The van der Waals surface area contributed by atoms with E-state index < -0.39 is 5.54 Å². The maximum absolute atomic E-state index is 13.0. The van der Waals surface area contributed by atoms with E-state index in [9.17, 15) is 14.4 Å². The fourth-order valence-corrected chi connectivity index (χ4v) is 4.30. The van der Waals surface area contributed by atoms with Gasteiger partial charge in [-0.15, -0.1) is 0 Å². The van der Waals surface area contributed by atoms with Crippen molar-refractivity contribution in [1.29, 1.82) is 0 Å². The van der Waals surface area contributed by atoms with Crippen LogP contribution in [0.1, 0.15) is 40.5 Å². The molecule has 0 radical (unpaired) electrons. The van der Waals surface area contributed by atoms with Crippen LogP contribution < -0.4 is 0 Å². The number of hydrogen-bond acceptors (Lipinski definition) is 5. The van der Waals surface area contributed by atoms with E-state index in [1.807, 2.05) is 30.3 Å². The van der Waals surface area contributed by atoms with Gasteiger partial charge in [0.05, 0.1) is 5.69 Å². The number of urea groups is 1. The molecule has 1 aromatic heterocycles. The third-order valence-electron chi connectivity index (χ3n) is 5.90. The predicted molar refractivity (Wildman–Crippen MR) is 104 cm³/mol. The molecule has 2 aliphatic rings. The second kappa shape index (κ2) is 7.02. The van der Waals surface area contributed by atoms with Gasteiger partial charge in [0.2, 0.25) is 5.76 Å². The Morgan fingerprint density at radius 1 is 1.14 bits per heavy atom. The van der Waals surface area contributed by atoms with Crippen molar-refractivity contribution in [2.24, 2.45) is 0 Å². The summed E-state index contributed by atoms with van der Waals surface area (Å²) < 4.78 is 5.46. The van der Waals surface area contributed by atoms with Crippen LogP contribution in [0, 0.1) is 13.8 Å². The molecule has 152 valence electrons. The number of rotatable bonds is 3. The molecule has 4 rings (SSSR count). The van der Waals surface area contributed by atoms with Crippen molar-refractivity contribution in [2.75, 3.05) is 20.1 Å². The molecule has 29 heavy (non-hydrogen) atoms. The second-order valence-electron chi connectivity index (χ2n) is 7.69. The summed E-state index contributed by atoms with van der Waals surface area (Å²) in [6.45, 7) is 4.55. The lowest BCUT2D eigenvalue weighted by atomic mass is 9.85. The van der Waals surface area contributed by atoms with Crippen molar-refractivity contribution in [1.82, 2.24) is 19.7 Å². The first-order chi connectivity index (χ1) is 13.8. The van der Waals surface area contributed by atoms with Crippen molar-refractivity contribution in [3.8, 4) is 0 Å². The highest BCUT2D eigenvalue weighted by atomic mass is 16.4. The summed E-state index contributed by atoms with van der Waals surface area (Å²) in [7, 11) is 1.52. The Kier molecular flexibility index (Phi) is 4.64. The number of likely N-dealkylation sites (N-methyl/N-ethyl adjacent to an activating group) is 1. The molecule has 2 aromatic rings. The van der Waals surface area contributed by atoms with Gasteiger partial charge in [0.25, 0.3) is 11.8 Å². The van der Waals surface area contributed by atoms with Crippen LogP contribution in [-0.2, 0) is 11.3 Å². The SMILES string of the molecule is Cc1nc(C)c(C(=O)N2CCC3(CC2)C(=O)N(C)C(=O)N3Cc2ccccc2)o1. The van der Waals surface area contributed by atoms with E-state index in [0.717, 1.165) is 5.56 Å². The summed E-state index contributed by atoms with van der Waals surface area (Å²) in [5.74, 6) is 0.270. The van der Waals surface area contributed by atoms with Gasteiger partial charge in [0.1, 0.15) is 5.54 Å². The number of carbonyl (C=O) groups is 3.